The molecule has 0 bridgehead atoms. The summed E-state index contributed by atoms with van der Waals surface area (Å²) in [5, 5.41) is 25.2. The van der Waals surface area contributed by atoms with Crippen LogP contribution in [0.25, 0.3) is 0 Å². The van der Waals surface area contributed by atoms with Crippen LogP contribution in [-0.2, 0) is 43.2 Å². The van der Waals surface area contributed by atoms with Crippen LogP contribution in [-0.4, -0.2) is 157 Å². The highest BCUT2D eigenvalue weighted by Gasteiger charge is 2.41. The second kappa shape index (κ2) is 34.5. The molecule has 22 heteroatoms. The van der Waals surface area contributed by atoms with Gasteiger partial charge in [-0.1, -0.05) is 87.0 Å². The molecule has 2 rings (SSSR count). The van der Waals surface area contributed by atoms with E-state index in [0.29, 0.717) is 43.7 Å². The molecular weight excluding hydrogens is 1060 g/mol. The molecule has 0 aromatic heterocycles. The third-order valence-corrected chi connectivity index (χ3v) is 14.3. The number of nitrogens with one attached hydrogen (secondary N) is 9. The molecule has 470 valence electrons. The molecule has 0 spiro atoms. The number of likely N-dealkylation sites (tertiary alicyclic amines) is 1. The Hall–Kier alpha value is -6.32. The Balaban J connectivity index is 2.26. The first-order valence-electron chi connectivity index (χ1n) is 30.0. The zero-order chi connectivity index (χ0) is 63.0. The molecule has 0 unspecified atom stereocenters. The summed E-state index contributed by atoms with van der Waals surface area (Å²) in [6.45, 7) is 25.1. The normalized spacial score (nSPS) is 15.6. The van der Waals surface area contributed by atoms with E-state index in [1.54, 1.807) is 29.2 Å². The van der Waals surface area contributed by atoms with E-state index in [1.807, 2.05) is 67.5 Å². The topological polar surface area (TPSA) is 295 Å². The van der Waals surface area contributed by atoms with Gasteiger partial charge < -0.3 is 62.4 Å². The number of likely N-dealkylation sites (N-methyl/N-ethyl adjacent to an activating group) is 1. The van der Waals surface area contributed by atoms with Gasteiger partial charge in [0.15, 0.2) is 0 Å². The first kappa shape index (κ1) is 72.8. The molecule has 83 heavy (non-hydrogen) atoms. The maximum atomic E-state index is 14.4. The molecular formula is C61H105N11O11. The lowest BCUT2D eigenvalue weighted by molar-refractivity contribution is -0.140. The average Bonchev–Trinajstić information content (AvgIpc) is 3.93. The highest BCUT2D eigenvalue weighted by Crippen LogP contribution is 2.23. The van der Waals surface area contributed by atoms with E-state index in [0.717, 1.165) is 32.1 Å². The summed E-state index contributed by atoms with van der Waals surface area (Å²) in [5.74, 6) is -6.68. The van der Waals surface area contributed by atoms with Crippen LogP contribution in [0.5, 0.6) is 5.75 Å². The number of amides is 10. The Morgan fingerprint density at radius 3 is 1.61 bits per heavy atom. The van der Waals surface area contributed by atoms with Crippen LogP contribution >= 0.6 is 0 Å². The molecule has 1 aliphatic heterocycles. The Morgan fingerprint density at radius 2 is 1.10 bits per heavy atom. The standard InChI is InChI=1S/C61H105N11O11/c1-18-19-20-21-22-23-25-44(51(75)67-48-26-24-33-72(48)55(79)42-27-29-43(83-17)30-28-42)50(74)64-46(35-39(4)5)53(77)68-60(11,12)57(81)66-45(34-38(2)3)52(76)65-47(36-40(6)7)54(78)69-61(13,14)58(82)70-59(9,10)56(80)62-32-31-49(73)63-41(8)37-71(15)16/h27-30,38-41,44-48H,18-26,31-37H2,1-17H3,(H,62,80)(H,63,73)(H,64,74)(H,65,76)(H,66,81)(H,67,75)(H,68,77)(H,69,78)(H,70,82)/t41-,44-,45-,46-,47-,48-/m0/s1. The molecule has 1 fully saturated rings. The van der Waals surface area contributed by atoms with Crippen molar-refractivity contribution in [3.63, 3.8) is 0 Å². The van der Waals surface area contributed by atoms with Crippen LogP contribution in [0, 0.1) is 23.7 Å². The van der Waals surface area contributed by atoms with Crippen molar-refractivity contribution < 1.29 is 52.7 Å². The fourth-order valence-electron chi connectivity index (χ4n) is 9.68. The third kappa shape index (κ3) is 25.6. The Morgan fingerprint density at radius 1 is 0.602 bits per heavy atom. The zero-order valence-electron chi connectivity index (χ0n) is 53.2. The molecule has 22 nitrogen and oxygen atoms in total. The zero-order valence-corrected chi connectivity index (χ0v) is 53.2. The summed E-state index contributed by atoms with van der Waals surface area (Å²) < 4.78 is 5.25. The van der Waals surface area contributed by atoms with Crippen molar-refractivity contribution in [3.8, 4) is 5.75 Å². The second-order valence-corrected chi connectivity index (χ2v) is 25.6. The largest absolute Gasteiger partial charge is 0.497 e. The van der Waals surface area contributed by atoms with Crippen LogP contribution in [0.15, 0.2) is 24.3 Å². The van der Waals surface area contributed by atoms with Crippen molar-refractivity contribution in [2.24, 2.45) is 23.7 Å². The highest BCUT2D eigenvalue weighted by molar-refractivity contribution is 6.03. The Kier molecular flexibility index (Phi) is 30.2. The van der Waals surface area contributed by atoms with Gasteiger partial charge in [-0.15, -0.1) is 0 Å². The molecule has 0 saturated carbocycles. The van der Waals surface area contributed by atoms with E-state index in [-0.39, 0.29) is 74.3 Å². The molecule has 1 saturated heterocycles. The van der Waals surface area contributed by atoms with Gasteiger partial charge in [0.1, 0.15) is 52.6 Å². The van der Waals surface area contributed by atoms with Gasteiger partial charge in [-0.05, 0) is 143 Å². The number of carbonyl (C=O) groups excluding carboxylic acids is 10. The van der Waals surface area contributed by atoms with E-state index >= 15 is 0 Å². The molecule has 9 N–H and O–H groups in total. The summed E-state index contributed by atoms with van der Waals surface area (Å²) in [5.41, 5.74) is -4.26. The van der Waals surface area contributed by atoms with Gasteiger partial charge in [0.05, 0.1) is 7.11 Å². The minimum atomic E-state index is -1.65. The maximum Gasteiger partial charge on any atom is 0.255 e. The molecule has 6 atom stereocenters. The maximum absolute atomic E-state index is 14.4. The first-order valence-corrected chi connectivity index (χ1v) is 30.0. The van der Waals surface area contributed by atoms with Gasteiger partial charge in [-0.25, -0.2) is 0 Å². The van der Waals surface area contributed by atoms with Crippen LogP contribution in [0.4, 0.5) is 0 Å². The van der Waals surface area contributed by atoms with Crippen LogP contribution < -0.4 is 52.6 Å². The molecule has 10 amide bonds. The lowest BCUT2D eigenvalue weighted by Gasteiger charge is -2.34. The molecule has 1 aromatic rings. The van der Waals surface area contributed by atoms with Crippen molar-refractivity contribution in [2.75, 3.05) is 40.8 Å². The minimum Gasteiger partial charge on any atom is -0.497 e. The van der Waals surface area contributed by atoms with Gasteiger partial charge in [-0.2, -0.15) is 0 Å². The van der Waals surface area contributed by atoms with Crippen LogP contribution in [0.3, 0.4) is 0 Å². The van der Waals surface area contributed by atoms with Gasteiger partial charge in [0.2, 0.25) is 53.2 Å². The molecule has 0 radical (unpaired) electrons. The van der Waals surface area contributed by atoms with Gasteiger partial charge >= 0.3 is 0 Å². The van der Waals surface area contributed by atoms with Gasteiger partial charge in [0.25, 0.3) is 5.91 Å². The van der Waals surface area contributed by atoms with Crippen molar-refractivity contribution >= 4 is 59.1 Å². The quantitative estimate of drug-likeness (QED) is 0.0330. The first-order chi connectivity index (χ1) is 38.6. The van der Waals surface area contributed by atoms with E-state index in [1.165, 1.54) is 48.7 Å². The number of hydrogen-bond donors (Lipinski definition) is 9. The molecule has 0 aliphatic carbocycles. The predicted octanol–water partition coefficient (Wildman–Crippen LogP) is 4.59. The van der Waals surface area contributed by atoms with Gasteiger partial charge in [0, 0.05) is 37.7 Å². The van der Waals surface area contributed by atoms with E-state index in [4.69, 9.17) is 4.74 Å². The smallest absolute Gasteiger partial charge is 0.255 e. The SMILES string of the molecule is CCCCCCCC[C@@H](C(=O)N[C@@H](CC(C)C)C(=O)NC(C)(C)C(=O)N[C@@H](CC(C)C)C(=O)N[C@@H](CC(C)C)C(=O)NC(C)(C)C(=O)NC(C)(C)C(=O)NCCC(=O)N[C@@H](C)CN(C)C)C(=O)N[C@@H]1CCCN1C(=O)c1ccc(OC)cc1. The summed E-state index contributed by atoms with van der Waals surface area (Å²) in [7, 11) is 5.33. The lowest BCUT2D eigenvalue weighted by Crippen LogP contribution is -2.65. The number of benzene rings is 1. The van der Waals surface area contributed by atoms with Crippen molar-refractivity contribution in [1.82, 2.24) is 57.7 Å². The van der Waals surface area contributed by atoms with E-state index in [9.17, 15) is 47.9 Å². The number of hydrogen-bond acceptors (Lipinski definition) is 12. The molecule has 1 heterocycles. The van der Waals surface area contributed by atoms with Gasteiger partial charge in [-0.3, -0.25) is 47.9 Å². The lowest BCUT2D eigenvalue weighted by atomic mass is 9.95. The Bertz CT molecular complexity index is 2320. The number of methoxy groups -OCH3 is 1. The number of ether oxygens (including phenoxy) is 1. The monoisotopic (exact) mass is 1170 g/mol. The summed E-state index contributed by atoms with van der Waals surface area (Å²) in [4.78, 5) is 142. The fourth-order valence-corrected chi connectivity index (χ4v) is 9.68. The van der Waals surface area contributed by atoms with Crippen molar-refractivity contribution in [3.05, 3.63) is 29.8 Å². The number of rotatable bonds is 36. The highest BCUT2D eigenvalue weighted by atomic mass is 16.5. The van der Waals surface area contributed by atoms with Crippen molar-refractivity contribution in [2.45, 2.75) is 227 Å². The number of carbonyl (C=O) groups is 10. The summed E-state index contributed by atoms with van der Waals surface area (Å²) >= 11 is 0. The third-order valence-electron chi connectivity index (χ3n) is 14.3. The fraction of sp³-hybridized carbons (Fsp3) is 0.738. The van der Waals surface area contributed by atoms with Crippen LogP contribution in [0.1, 0.15) is 191 Å². The summed E-state index contributed by atoms with van der Waals surface area (Å²) in [6.07, 6.45) is 6.65. The van der Waals surface area contributed by atoms with Crippen molar-refractivity contribution in [1.29, 1.82) is 0 Å². The Labute approximate surface area is 495 Å². The van der Waals surface area contributed by atoms with Crippen LogP contribution in [0.2, 0.25) is 0 Å². The average molecular weight is 1170 g/mol. The number of nitrogens with zero attached hydrogens (tertiary/aromatic N) is 2. The number of unbranched alkanes of at least 4 members (excludes halogenated alkanes) is 5. The summed E-state index contributed by atoms with van der Waals surface area (Å²) in [6, 6.07) is 3.10. The van der Waals surface area contributed by atoms with E-state index < -0.39 is 94.1 Å². The molecule has 1 aromatic carbocycles. The molecule has 1 aliphatic rings. The predicted molar refractivity (Wildman–Crippen MR) is 321 cm³/mol. The second-order valence-electron chi connectivity index (χ2n) is 25.6. The van der Waals surface area contributed by atoms with E-state index in [2.05, 4.69) is 54.8 Å². The minimum absolute atomic E-state index is 0.0266.